The normalized spacial score (nSPS) is 16.8. The Hall–Kier alpha value is -1.62. The zero-order chi connectivity index (χ0) is 16.3. The molecule has 0 heterocycles. The fourth-order valence-electron chi connectivity index (χ4n) is 2.86. The molecule has 2 N–H and O–H groups in total. The van der Waals surface area contributed by atoms with Gasteiger partial charge in [-0.25, -0.2) is 4.39 Å². The van der Waals surface area contributed by atoms with Crippen molar-refractivity contribution in [1.82, 2.24) is 0 Å². The average Bonchev–Trinajstić information content (AvgIpc) is 2.84. The van der Waals surface area contributed by atoms with Crippen molar-refractivity contribution in [2.24, 2.45) is 0 Å². The summed E-state index contributed by atoms with van der Waals surface area (Å²) in [7, 11) is 1.83. The first kappa shape index (κ1) is 16.7. The number of aliphatic hydroxyl groups is 1. The summed E-state index contributed by atoms with van der Waals surface area (Å²) in [5, 5.41) is 12.9. The summed E-state index contributed by atoms with van der Waals surface area (Å²) in [5.74, 6) is -0.637. The quantitative estimate of drug-likeness (QED) is 0.877. The number of carbonyl (C=O) groups excluding carboxylic acids is 1. The molecule has 1 aromatic rings. The number of carbonyl (C=O) groups is 1. The molecular formula is C17H25FN2O2. The Morgan fingerprint density at radius 3 is 2.59 bits per heavy atom. The number of nitrogens with one attached hydrogen (secondary N) is 1. The lowest BCUT2D eigenvalue weighted by Gasteiger charge is -2.24. The number of hydrogen-bond acceptors (Lipinski definition) is 3. The van der Waals surface area contributed by atoms with Crippen LogP contribution >= 0.6 is 0 Å². The van der Waals surface area contributed by atoms with Gasteiger partial charge in [-0.1, -0.05) is 12.8 Å². The first-order valence-corrected chi connectivity index (χ1v) is 7.85. The summed E-state index contributed by atoms with van der Waals surface area (Å²) in [5.41, 5.74) is 0.0351. The Balaban J connectivity index is 2.01. The standard InChI is InChI=1S/C17H25FN2O2/c1-12(2)20(3)15-7-6-13(10-14(15)18)19-16(21)11-17(22)8-4-5-9-17/h6-7,10,12,22H,4-5,8-9,11H2,1-3H3,(H,19,21). The van der Waals surface area contributed by atoms with E-state index in [2.05, 4.69) is 5.32 Å². The second kappa shape index (κ2) is 6.65. The first-order valence-electron chi connectivity index (χ1n) is 7.85. The smallest absolute Gasteiger partial charge is 0.227 e. The Kier molecular flexibility index (Phi) is 5.06. The molecule has 22 heavy (non-hydrogen) atoms. The van der Waals surface area contributed by atoms with Crippen LogP contribution in [-0.2, 0) is 4.79 Å². The Morgan fingerprint density at radius 2 is 2.05 bits per heavy atom. The zero-order valence-corrected chi connectivity index (χ0v) is 13.5. The number of halogens is 1. The molecule has 1 saturated carbocycles. The SMILES string of the molecule is CC(C)N(C)c1ccc(NC(=O)CC2(O)CCCC2)cc1F. The average molecular weight is 308 g/mol. The van der Waals surface area contributed by atoms with E-state index in [1.54, 1.807) is 12.1 Å². The van der Waals surface area contributed by atoms with Crippen LogP contribution in [0.2, 0.25) is 0 Å². The molecular weight excluding hydrogens is 283 g/mol. The molecule has 1 amide bonds. The van der Waals surface area contributed by atoms with E-state index < -0.39 is 5.60 Å². The highest BCUT2D eigenvalue weighted by molar-refractivity contribution is 5.91. The van der Waals surface area contributed by atoms with Gasteiger partial charge in [-0.2, -0.15) is 0 Å². The lowest BCUT2D eigenvalue weighted by Crippen LogP contribution is -2.30. The van der Waals surface area contributed by atoms with Gasteiger partial charge in [0, 0.05) is 18.8 Å². The van der Waals surface area contributed by atoms with Crippen molar-refractivity contribution in [3.05, 3.63) is 24.0 Å². The number of rotatable bonds is 5. The number of amides is 1. The van der Waals surface area contributed by atoms with Gasteiger partial charge in [0.15, 0.2) is 0 Å². The van der Waals surface area contributed by atoms with Gasteiger partial charge in [-0.3, -0.25) is 4.79 Å². The third-order valence-corrected chi connectivity index (χ3v) is 4.41. The molecule has 4 nitrogen and oxygen atoms in total. The van der Waals surface area contributed by atoms with Crippen LogP contribution in [0.4, 0.5) is 15.8 Å². The monoisotopic (exact) mass is 308 g/mol. The van der Waals surface area contributed by atoms with Crippen molar-refractivity contribution in [3.8, 4) is 0 Å². The molecule has 0 saturated heterocycles. The van der Waals surface area contributed by atoms with Gasteiger partial charge in [0.2, 0.25) is 5.91 Å². The van der Waals surface area contributed by atoms with Gasteiger partial charge in [0.25, 0.3) is 0 Å². The van der Waals surface area contributed by atoms with E-state index in [0.29, 0.717) is 24.2 Å². The Morgan fingerprint density at radius 1 is 1.41 bits per heavy atom. The third kappa shape index (κ3) is 3.97. The minimum Gasteiger partial charge on any atom is -0.389 e. The van der Waals surface area contributed by atoms with E-state index >= 15 is 0 Å². The molecule has 0 unspecified atom stereocenters. The molecule has 2 rings (SSSR count). The highest BCUT2D eigenvalue weighted by atomic mass is 19.1. The van der Waals surface area contributed by atoms with Crippen molar-refractivity contribution in [2.45, 2.75) is 57.6 Å². The van der Waals surface area contributed by atoms with Crippen molar-refractivity contribution < 1.29 is 14.3 Å². The molecule has 1 aromatic carbocycles. The summed E-state index contributed by atoms with van der Waals surface area (Å²) in [6.07, 6.45) is 3.30. The highest BCUT2D eigenvalue weighted by Crippen LogP contribution is 2.32. The van der Waals surface area contributed by atoms with Gasteiger partial charge in [0.05, 0.1) is 17.7 Å². The lowest BCUT2D eigenvalue weighted by atomic mass is 9.97. The summed E-state index contributed by atoms with van der Waals surface area (Å²) in [6, 6.07) is 4.86. The van der Waals surface area contributed by atoms with Gasteiger partial charge in [-0.05, 0) is 44.9 Å². The van der Waals surface area contributed by atoms with E-state index in [4.69, 9.17) is 0 Å². The molecule has 1 aliphatic rings. The largest absolute Gasteiger partial charge is 0.389 e. The molecule has 5 heteroatoms. The predicted molar refractivity (Wildman–Crippen MR) is 86.6 cm³/mol. The summed E-state index contributed by atoms with van der Waals surface area (Å²) >= 11 is 0. The Labute approximate surface area is 131 Å². The third-order valence-electron chi connectivity index (χ3n) is 4.41. The van der Waals surface area contributed by atoms with E-state index in [0.717, 1.165) is 12.8 Å². The van der Waals surface area contributed by atoms with E-state index in [9.17, 15) is 14.3 Å². The fourth-order valence-corrected chi connectivity index (χ4v) is 2.86. The van der Waals surface area contributed by atoms with E-state index in [1.807, 2.05) is 25.8 Å². The highest BCUT2D eigenvalue weighted by Gasteiger charge is 2.33. The molecule has 0 radical (unpaired) electrons. The topological polar surface area (TPSA) is 52.6 Å². The number of benzene rings is 1. The van der Waals surface area contributed by atoms with Crippen LogP contribution < -0.4 is 10.2 Å². The minimum atomic E-state index is -0.888. The summed E-state index contributed by atoms with van der Waals surface area (Å²) in [6.45, 7) is 3.97. The van der Waals surface area contributed by atoms with Crippen LogP contribution in [0.1, 0.15) is 46.0 Å². The van der Waals surface area contributed by atoms with E-state index in [-0.39, 0.29) is 24.2 Å². The van der Waals surface area contributed by atoms with E-state index in [1.165, 1.54) is 6.07 Å². The Bertz CT molecular complexity index is 539. The van der Waals surface area contributed by atoms with Gasteiger partial charge in [-0.15, -0.1) is 0 Å². The van der Waals surface area contributed by atoms with Crippen LogP contribution in [0.15, 0.2) is 18.2 Å². The number of hydrogen-bond donors (Lipinski definition) is 2. The summed E-state index contributed by atoms with van der Waals surface area (Å²) < 4.78 is 14.1. The van der Waals surface area contributed by atoms with Gasteiger partial charge >= 0.3 is 0 Å². The maximum absolute atomic E-state index is 14.1. The maximum Gasteiger partial charge on any atom is 0.227 e. The van der Waals surface area contributed by atoms with Crippen LogP contribution in [0.3, 0.4) is 0 Å². The maximum atomic E-state index is 14.1. The van der Waals surface area contributed by atoms with Crippen molar-refractivity contribution in [1.29, 1.82) is 0 Å². The first-order chi connectivity index (χ1) is 10.3. The molecule has 0 aromatic heterocycles. The second-order valence-electron chi connectivity index (χ2n) is 6.53. The molecule has 122 valence electrons. The molecule has 0 aliphatic heterocycles. The number of nitrogens with zero attached hydrogens (tertiary/aromatic N) is 1. The summed E-state index contributed by atoms with van der Waals surface area (Å²) in [4.78, 5) is 13.8. The molecule has 0 atom stereocenters. The second-order valence-corrected chi connectivity index (χ2v) is 6.53. The molecule has 0 bridgehead atoms. The van der Waals surface area contributed by atoms with Crippen LogP contribution in [0.5, 0.6) is 0 Å². The van der Waals surface area contributed by atoms with Crippen LogP contribution in [0, 0.1) is 5.82 Å². The lowest BCUT2D eigenvalue weighted by molar-refractivity contribution is -0.120. The molecule has 0 spiro atoms. The van der Waals surface area contributed by atoms with Crippen molar-refractivity contribution >= 4 is 17.3 Å². The van der Waals surface area contributed by atoms with Crippen molar-refractivity contribution in [2.75, 3.05) is 17.3 Å². The van der Waals surface area contributed by atoms with Crippen LogP contribution in [-0.4, -0.2) is 29.7 Å². The molecule has 1 aliphatic carbocycles. The predicted octanol–water partition coefficient (Wildman–Crippen LogP) is 3.30. The van der Waals surface area contributed by atoms with Gasteiger partial charge in [0.1, 0.15) is 5.82 Å². The van der Waals surface area contributed by atoms with Crippen molar-refractivity contribution in [3.63, 3.8) is 0 Å². The zero-order valence-electron chi connectivity index (χ0n) is 13.5. The molecule has 1 fully saturated rings. The fraction of sp³-hybridized carbons (Fsp3) is 0.588. The van der Waals surface area contributed by atoms with Gasteiger partial charge < -0.3 is 15.3 Å². The minimum absolute atomic E-state index is 0.0717. The van der Waals surface area contributed by atoms with Crippen LogP contribution in [0.25, 0.3) is 0 Å². The number of anilines is 2.